The van der Waals surface area contributed by atoms with E-state index < -0.39 is 0 Å². The van der Waals surface area contributed by atoms with E-state index in [-0.39, 0.29) is 6.04 Å². The zero-order valence-electron chi connectivity index (χ0n) is 9.65. The zero-order chi connectivity index (χ0) is 11.2. The molecule has 0 bridgehead atoms. The Morgan fingerprint density at radius 3 is 2.38 bits per heavy atom. The molecule has 0 aromatic heterocycles. The Morgan fingerprint density at radius 2 is 1.81 bits per heavy atom. The Bertz CT molecular complexity index is 342. The summed E-state index contributed by atoms with van der Waals surface area (Å²) in [5.74, 6) is 0. The van der Waals surface area contributed by atoms with Crippen molar-refractivity contribution in [1.29, 1.82) is 0 Å². The molecule has 1 aromatic rings. The molecular formula is C14H20N2. The van der Waals surface area contributed by atoms with E-state index in [1.165, 1.54) is 43.5 Å². The summed E-state index contributed by atoms with van der Waals surface area (Å²) >= 11 is 0. The summed E-state index contributed by atoms with van der Waals surface area (Å²) in [5.41, 5.74) is 8.26. The van der Waals surface area contributed by atoms with E-state index in [4.69, 9.17) is 5.73 Å². The van der Waals surface area contributed by atoms with Crippen LogP contribution in [0.2, 0.25) is 0 Å². The molecule has 1 saturated heterocycles. The lowest BCUT2D eigenvalue weighted by atomic mass is 10.1. The van der Waals surface area contributed by atoms with Crippen molar-refractivity contribution < 1.29 is 0 Å². The Hall–Kier alpha value is -1.12. The van der Waals surface area contributed by atoms with Crippen molar-refractivity contribution in [3.8, 4) is 0 Å². The third-order valence-electron chi connectivity index (χ3n) is 3.05. The fourth-order valence-corrected chi connectivity index (χ4v) is 2.08. The Kier molecular flexibility index (Phi) is 4.14. The van der Waals surface area contributed by atoms with E-state index in [1.807, 2.05) is 18.2 Å². The molecule has 0 spiro atoms. The molecule has 1 unspecified atom stereocenters. The monoisotopic (exact) mass is 216 g/mol. The van der Waals surface area contributed by atoms with Gasteiger partial charge in [0.05, 0.1) is 0 Å². The van der Waals surface area contributed by atoms with Gasteiger partial charge in [0, 0.05) is 6.04 Å². The topological polar surface area (TPSA) is 38.0 Å². The number of rotatable bonds is 0. The lowest BCUT2D eigenvalue weighted by molar-refractivity contribution is 0.520. The van der Waals surface area contributed by atoms with Gasteiger partial charge in [0.1, 0.15) is 0 Å². The van der Waals surface area contributed by atoms with Crippen molar-refractivity contribution in [2.75, 3.05) is 13.1 Å². The molecule has 1 heterocycles. The smallest absolute Gasteiger partial charge is 0.0490 e. The van der Waals surface area contributed by atoms with Crippen molar-refractivity contribution in [1.82, 2.24) is 5.32 Å². The third-order valence-corrected chi connectivity index (χ3v) is 3.05. The number of benzene rings is 1. The molecule has 1 aromatic carbocycles. The molecular weight excluding hydrogens is 196 g/mol. The predicted molar refractivity (Wildman–Crippen MR) is 69.1 cm³/mol. The average Bonchev–Trinajstić information content (AvgIpc) is 2.75. The van der Waals surface area contributed by atoms with Crippen molar-refractivity contribution in [3.05, 3.63) is 41.5 Å². The highest BCUT2D eigenvalue weighted by Gasteiger charge is 2.10. The van der Waals surface area contributed by atoms with Crippen LogP contribution in [0.15, 0.2) is 30.3 Å². The van der Waals surface area contributed by atoms with Gasteiger partial charge in [0.25, 0.3) is 0 Å². The van der Waals surface area contributed by atoms with Gasteiger partial charge in [-0.05, 0) is 37.1 Å². The molecule has 0 amide bonds. The molecule has 0 saturated carbocycles. The van der Waals surface area contributed by atoms with E-state index in [0.29, 0.717) is 0 Å². The number of hydrogen-bond acceptors (Lipinski definition) is 2. The van der Waals surface area contributed by atoms with Gasteiger partial charge < -0.3 is 11.1 Å². The number of fused-ring (bicyclic) bond motifs is 1. The Morgan fingerprint density at radius 1 is 1.06 bits per heavy atom. The predicted octanol–water partition coefficient (Wildman–Crippen LogP) is 2.47. The quantitative estimate of drug-likeness (QED) is 0.699. The molecule has 2 heteroatoms. The molecule has 2 aliphatic rings. The van der Waals surface area contributed by atoms with Crippen LogP contribution in [0.1, 0.15) is 36.4 Å². The minimum atomic E-state index is 0.121. The van der Waals surface area contributed by atoms with E-state index in [0.717, 1.165) is 0 Å². The van der Waals surface area contributed by atoms with Crippen LogP contribution >= 0.6 is 0 Å². The third kappa shape index (κ3) is 2.94. The molecule has 3 rings (SSSR count). The number of piperidine rings is 1. The van der Waals surface area contributed by atoms with Crippen LogP contribution in [0.4, 0.5) is 0 Å². The molecule has 1 atom stereocenters. The van der Waals surface area contributed by atoms with Gasteiger partial charge in [-0.3, -0.25) is 0 Å². The molecule has 86 valence electrons. The minimum absolute atomic E-state index is 0.121. The summed E-state index contributed by atoms with van der Waals surface area (Å²) in [4.78, 5) is 0. The van der Waals surface area contributed by atoms with Crippen LogP contribution in [-0.4, -0.2) is 13.1 Å². The highest BCUT2D eigenvalue weighted by atomic mass is 14.9. The van der Waals surface area contributed by atoms with Crippen LogP contribution < -0.4 is 11.1 Å². The van der Waals surface area contributed by atoms with Crippen LogP contribution in [-0.2, 0) is 0 Å². The van der Waals surface area contributed by atoms with Crippen LogP contribution in [0.3, 0.4) is 0 Å². The fraction of sp³-hybridized carbons (Fsp3) is 0.429. The maximum absolute atomic E-state index is 5.76. The lowest BCUT2D eigenvalue weighted by Gasteiger charge is -2.08. The molecule has 1 aliphatic heterocycles. The first-order chi connectivity index (χ1) is 7.88. The number of nitrogens with one attached hydrogen (secondary N) is 1. The van der Waals surface area contributed by atoms with Crippen LogP contribution in [0, 0.1) is 0 Å². The molecule has 2 nitrogen and oxygen atoms in total. The van der Waals surface area contributed by atoms with Crippen molar-refractivity contribution in [2.24, 2.45) is 5.73 Å². The zero-order valence-corrected chi connectivity index (χ0v) is 9.65. The van der Waals surface area contributed by atoms with Gasteiger partial charge in [0.15, 0.2) is 0 Å². The van der Waals surface area contributed by atoms with Gasteiger partial charge in [-0.1, -0.05) is 42.8 Å². The molecule has 1 aliphatic carbocycles. The van der Waals surface area contributed by atoms with E-state index in [2.05, 4.69) is 23.5 Å². The Labute approximate surface area is 97.5 Å². The summed E-state index contributed by atoms with van der Waals surface area (Å²) in [6.45, 7) is 2.50. The highest BCUT2D eigenvalue weighted by molar-refractivity contribution is 5.61. The minimum Gasteiger partial charge on any atom is -0.321 e. The average molecular weight is 216 g/mol. The summed E-state index contributed by atoms with van der Waals surface area (Å²) in [6, 6.07) is 8.32. The summed E-state index contributed by atoms with van der Waals surface area (Å²) in [5, 5.41) is 3.28. The normalized spacial score (nSPS) is 22.2. The number of nitrogens with two attached hydrogens (primary N) is 1. The van der Waals surface area contributed by atoms with Gasteiger partial charge in [0.2, 0.25) is 0 Å². The maximum Gasteiger partial charge on any atom is 0.0490 e. The Balaban J connectivity index is 0.000000138. The molecule has 1 fully saturated rings. The lowest BCUT2D eigenvalue weighted by Crippen LogP contribution is -2.21. The van der Waals surface area contributed by atoms with Gasteiger partial charge in [-0.25, -0.2) is 0 Å². The number of hydrogen-bond donors (Lipinski definition) is 2. The summed E-state index contributed by atoms with van der Waals surface area (Å²) in [6.07, 6.45) is 8.30. The van der Waals surface area contributed by atoms with E-state index in [9.17, 15) is 0 Å². The van der Waals surface area contributed by atoms with E-state index in [1.54, 1.807) is 0 Å². The van der Waals surface area contributed by atoms with Crippen molar-refractivity contribution in [3.63, 3.8) is 0 Å². The second-order valence-corrected chi connectivity index (χ2v) is 4.32. The van der Waals surface area contributed by atoms with Gasteiger partial charge in [-0.15, -0.1) is 0 Å². The van der Waals surface area contributed by atoms with Crippen LogP contribution in [0.5, 0.6) is 0 Å². The molecule has 16 heavy (non-hydrogen) atoms. The molecule has 0 radical (unpaired) electrons. The first-order valence-electron chi connectivity index (χ1n) is 6.11. The fourth-order valence-electron chi connectivity index (χ4n) is 2.08. The summed E-state index contributed by atoms with van der Waals surface area (Å²) < 4.78 is 0. The maximum atomic E-state index is 5.76. The first-order valence-corrected chi connectivity index (χ1v) is 6.11. The molecule has 3 N–H and O–H groups in total. The standard InChI is InChI=1S/C9H9N.C5H11N/c10-9-6-5-7-3-1-2-4-8(7)9;1-2-4-6-5-3-1/h1-6,9H,10H2;6H,1-5H2. The summed E-state index contributed by atoms with van der Waals surface area (Å²) in [7, 11) is 0. The van der Waals surface area contributed by atoms with Crippen LogP contribution in [0.25, 0.3) is 6.08 Å². The van der Waals surface area contributed by atoms with Crippen molar-refractivity contribution in [2.45, 2.75) is 25.3 Å². The van der Waals surface area contributed by atoms with Gasteiger partial charge >= 0.3 is 0 Å². The SMILES string of the molecule is C1CCNCC1.NC1C=Cc2ccccc21. The first kappa shape index (κ1) is 11.4. The second-order valence-electron chi connectivity index (χ2n) is 4.32. The van der Waals surface area contributed by atoms with Gasteiger partial charge in [-0.2, -0.15) is 0 Å². The second kappa shape index (κ2) is 5.83. The van der Waals surface area contributed by atoms with E-state index >= 15 is 0 Å². The highest BCUT2D eigenvalue weighted by Crippen LogP contribution is 2.24. The van der Waals surface area contributed by atoms with Crippen molar-refractivity contribution >= 4 is 6.08 Å². The largest absolute Gasteiger partial charge is 0.321 e.